The lowest BCUT2D eigenvalue weighted by atomic mass is 9.78. The van der Waals surface area contributed by atoms with Gasteiger partial charge in [-0.1, -0.05) is 102 Å². The third-order valence-corrected chi connectivity index (χ3v) is 11.9. The number of rotatable bonds is 12. The Morgan fingerprint density at radius 3 is 1.64 bits per heavy atom. The molecule has 0 amide bonds. The fraction of sp³-hybridized carbons (Fsp3) is 0.586. The van der Waals surface area contributed by atoms with Crippen LogP contribution in [0.2, 0.25) is 18.1 Å². The van der Waals surface area contributed by atoms with Crippen molar-refractivity contribution in [2.75, 3.05) is 19.5 Å². The zero-order valence-electron chi connectivity index (χ0n) is 23.6. The maximum absolute atomic E-state index is 11.5. The third kappa shape index (κ3) is 9.10. The van der Waals surface area contributed by atoms with Gasteiger partial charge in [-0.05, 0) is 41.1 Å². The average molecular weight is 535 g/mol. The second-order valence-electron chi connectivity index (χ2n) is 12.4. The van der Waals surface area contributed by atoms with E-state index in [1.54, 1.807) is 0 Å². The normalized spacial score (nSPS) is 14.6. The van der Waals surface area contributed by atoms with E-state index in [2.05, 4.69) is 103 Å². The summed E-state index contributed by atoms with van der Waals surface area (Å²) in [7, 11) is -5.77. The van der Waals surface area contributed by atoms with Gasteiger partial charge in [-0.2, -0.15) is 8.42 Å². The van der Waals surface area contributed by atoms with Gasteiger partial charge in [0.25, 0.3) is 10.1 Å². The minimum atomic E-state index is -3.52. The maximum atomic E-state index is 11.5. The molecule has 0 saturated heterocycles. The monoisotopic (exact) mass is 534 g/mol. The van der Waals surface area contributed by atoms with E-state index >= 15 is 0 Å². The standard InChI is InChI=1S/C29H46O5SSi/c1-27(2,3)22-26(32-20-21-33-35(7,30)31)23-29(24-16-12-10-13-17-24,25-18-14-11-15-19-25)34-36(8,9)28(4,5)6/h10-19,26H,20-23H2,1-9H3. The molecule has 0 aliphatic rings. The van der Waals surface area contributed by atoms with Crippen LogP contribution in [0, 0.1) is 5.41 Å². The predicted molar refractivity (Wildman–Crippen MR) is 151 cm³/mol. The smallest absolute Gasteiger partial charge is 0.264 e. The number of ether oxygens (including phenoxy) is 1. The van der Waals surface area contributed by atoms with Gasteiger partial charge in [-0.15, -0.1) is 0 Å². The fourth-order valence-electron chi connectivity index (χ4n) is 4.16. The molecule has 36 heavy (non-hydrogen) atoms. The van der Waals surface area contributed by atoms with Crippen molar-refractivity contribution in [1.29, 1.82) is 0 Å². The Balaban J connectivity index is 2.60. The van der Waals surface area contributed by atoms with E-state index in [0.29, 0.717) is 6.42 Å². The van der Waals surface area contributed by atoms with Crippen LogP contribution in [0.1, 0.15) is 65.5 Å². The van der Waals surface area contributed by atoms with Gasteiger partial charge in [0, 0.05) is 6.42 Å². The molecule has 0 heterocycles. The van der Waals surface area contributed by atoms with E-state index < -0.39 is 24.0 Å². The SMILES string of the molecule is CC(C)(C)CC(CC(O[Si](C)(C)C(C)(C)C)(c1ccccc1)c1ccccc1)OCCOS(C)(=O)=O. The zero-order chi connectivity index (χ0) is 27.3. The van der Waals surface area contributed by atoms with Crippen LogP contribution in [0.4, 0.5) is 0 Å². The number of hydrogen-bond donors (Lipinski definition) is 0. The van der Waals surface area contributed by atoms with E-state index in [9.17, 15) is 8.42 Å². The summed E-state index contributed by atoms with van der Waals surface area (Å²) in [6.45, 7) is 18.1. The molecule has 0 aliphatic heterocycles. The Morgan fingerprint density at radius 2 is 1.25 bits per heavy atom. The molecule has 0 spiro atoms. The first-order chi connectivity index (χ1) is 16.5. The summed E-state index contributed by atoms with van der Waals surface area (Å²) in [5, 5.41) is 0.00547. The molecule has 7 heteroatoms. The first kappa shape index (κ1) is 30.7. The van der Waals surface area contributed by atoms with Crippen molar-refractivity contribution < 1.29 is 21.8 Å². The van der Waals surface area contributed by atoms with Gasteiger partial charge in [0.1, 0.15) is 5.60 Å². The Hall–Kier alpha value is -1.51. The van der Waals surface area contributed by atoms with Crippen LogP contribution in [0.25, 0.3) is 0 Å². The fourth-order valence-corrected chi connectivity index (χ4v) is 6.03. The summed E-state index contributed by atoms with van der Waals surface area (Å²) in [4.78, 5) is 0. The topological polar surface area (TPSA) is 61.8 Å². The Morgan fingerprint density at radius 1 is 0.778 bits per heavy atom. The van der Waals surface area contributed by atoms with Crippen molar-refractivity contribution >= 4 is 18.4 Å². The van der Waals surface area contributed by atoms with Gasteiger partial charge in [-0.25, -0.2) is 0 Å². The Bertz CT molecular complexity index is 999. The molecule has 5 nitrogen and oxygen atoms in total. The van der Waals surface area contributed by atoms with Gasteiger partial charge in [0.05, 0.1) is 25.6 Å². The molecule has 1 atom stereocenters. The molecule has 0 aliphatic carbocycles. The molecule has 2 aromatic carbocycles. The highest BCUT2D eigenvalue weighted by Crippen LogP contribution is 2.47. The van der Waals surface area contributed by atoms with Crippen molar-refractivity contribution in [3.63, 3.8) is 0 Å². The van der Waals surface area contributed by atoms with Crippen LogP contribution >= 0.6 is 0 Å². The Kier molecular flexibility index (Phi) is 10.2. The lowest BCUT2D eigenvalue weighted by molar-refractivity contribution is -0.0385. The summed E-state index contributed by atoms with van der Waals surface area (Å²) in [5.74, 6) is 0. The van der Waals surface area contributed by atoms with Crippen LogP contribution in [0.15, 0.2) is 60.7 Å². The number of benzene rings is 2. The quantitative estimate of drug-likeness (QED) is 0.164. The van der Waals surface area contributed by atoms with Crippen LogP contribution in [0.5, 0.6) is 0 Å². The van der Waals surface area contributed by atoms with Crippen molar-refractivity contribution in [2.24, 2.45) is 5.41 Å². The second-order valence-corrected chi connectivity index (χ2v) is 18.8. The minimum absolute atomic E-state index is 0.00154. The second kappa shape index (κ2) is 11.9. The van der Waals surface area contributed by atoms with Gasteiger partial charge in [-0.3, -0.25) is 4.18 Å². The molecule has 202 valence electrons. The van der Waals surface area contributed by atoms with Gasteiger partial charge < -0.3 is 9.16 Å². The van der Waals surface area contributed by atoms with Gasteiger partial charge in [0.2, 0.25) is 0 Å². The van der Waals surface area contributed by atoms with Crippen molar-refractivity contribution in [1.82, 2.24) is 0 Å². The van der Waals surface area contributed by atoms with E-state index in [0.717, 1.165) is 23.8 Å². The summed E-state index contributed by atoms with van der Waals surface area (Å²) < 4.78 is 41.6. The molecule has 0 fully saturated rings. The summed E-state index contributed by atoms with van der Waals surface area (Å²) in [6.07, 6.45) is 2.26. The molecule has 0 bridgehead atoms. The van der Waals surface area contributed by atoms with Crippen LogP contribution < -0.4 is 0 Å². The molecule has 2 aromatic rings. The summed E-state index contributed by atoms with van der Waals surface area (Å²) >= 11 is 0. The highest BCUT2D eigenvalue weighted by molar-refractivity contribution is 7.85. The van der Waals surface area contributed by atoms with Crippen molar-refractivity contribution in [3.05, 3.63) is 71.8 Å². The van der Waals surface area contributed by atoms with E-state index in [1.165, 1.54) is 0 Å². The lowest BCUT2D eigenvalue weighted by Gasteiger charge is -2.48. The van der Waals surface area contributed by atoms with E-state index in [-0.39, 0.29) is 29.8 Å². The molecule has 0 radical (unpaired) electrons. The molecule has 0 saturated carbocycles. The molecule has 1 unspecified atom stereocenters. The highest BCUT2D eigenvalue weighted by Gasteiger charge is 2.48. The number of hydrogen-bond acceptors (Lipinski definition) is 5. The lowest BCUT2D eigenvalue weighted by Crippen LogP contribution is -2.50. The van der Waals surface area contributed by atoms with Crippen molar-refractivity contribution in [3.8, 4) is 0 Å². The molecular formula is C29H46O5SSi. The predicted octanol–water partition coefficient (Wildman–Crippen LogP) is 7.14. The Labute approximate surface area is 220 Å². The van der Waals surface area contributed by atoms with Crippen LogP contribution in [-0.4, -0.2) is 42.3 Å². The summed E-state index contributed by atoms with van der Waals surface area (Å²) in [5.41, 5.74) is 1.46. The first-order valence-electron chi connectivity index (χ1n) is 12.7. The molecule has 0 aromatic heterocycles. The zero-order valence-corrected chi connectivity index (χ0v) is 25.4. The van der Waals surface area contributed by atoms with Gasteiger partial charge in [0.15, 0.2) is 8.32 Å². The van der Waals surface area contributed by atoms with Crippen LogP contribution in [-0.2, 0) is 29.1 Å². The maximum Gasteiger partial charge on any atom is 0.264 e. The van der Waals surface area contributed by atoms with Crippen LogP contribution in [0.3, 0.4) is 0 Å². The molecule has 2 rings (SSSR count). The summed E-state index contributed by atoms with van der Waals surface area (Å²) in [6, 6.07) is 20.8. The third-order valence-electron chi connectivity index (χ3n) is 6.81. The first-order valence-corrected chi connectivity index (χ1v) is 17.4. The molecular weight excluding hydrogens is 488 g/mol. The average Bonchev–Trinajstić information content (AvgIpc) is 2.74. The largest absolute Gasteiger partial charge is 0.403 e. The van der Waals surface area contributed by atoms with Gasteiger partial charge >= 0.3 is 0 Å². The van der Waals surface area contributed by atoms with Crippen molar-refractivity contribution in [2.45, 2.75) is 84.2 Å². The minimum Gasteiger partial charge on any atom is -0.403 e. The highest BCUT2D eigenvalue weighted by atomic mass is 32.2. The van der Waals surface area contributed by atoms with E-state index in [4.69, 9.17) is 13.3 Å². The molecule has 0 N–H and O–H groups in total. The van der Waals surface area contributed by atoms with E-state index in [1.807, 2.05) is 12.1 Å².